The summed E-state index contributed by atoms with van der Waals surface area (Å²) >= 11 is 1.79. The van der Waals surface area contributed by atoms with Crippen molar-refractivity contribution in [2.45, 2.75) is 0 Å². The van der Waals surface area contributed by atoms with Crippen LogP contribution in [0.25, 0.3) is 98.5 Å². The predicted octanol–water partition coefficient (Wildman–Crippen LogP) is 13.4. The SMILES string of the molecule is c1ccc(-c2ccc(-c3ccc4cc(-c5nc(-c6cccc(-c7ccccc7)c6)nc(-c6cccc7c6sc6ccccc67)n5)ccc4c3)cc2)cc1. The van der Waals surface area contributed by atoms with Crippen LogP contribution in [0.15, 0.2) is 188 Å². The van der Waals surface area contributed by atoms with Gasteiger partial charge in [-0.3, -0.25) is 0 Å². The lowest BCUT2D eigenvalue weighted by Crippen LogP contribution is -2.00. The zero-order valence-corrected chi connectivity index (χ0v) is 29.5. The second-order valence-corrected chi connectivity index (χ2v) is 14.3. The molecule has 0 atom stereocenters. The van der Waals surface area contributed by atoms with Gasteiger partial charge < -0.3 is 0 Å². The highest BCUT2D eigenvalue weighted by Gasteiger charge is 2.17. The maximum Gasteiger partial charge on any atom is 0.165 e. The molecule has 0 aliphatic heterocycles. The highest BCUT2D eigenvalue weighted by molar-refractivity contribution is 7.26. The molecular formula is C49H31N3S. The first-order chi connectivity index (χ1) is 26.2. The maximum absolute atomic E-state index is 5.19. The molecule has 3 nitrogen and oxygen atoms in total. The van der Waals surface area contributed by atoms with Crippen molar-refractivity contribution >= 4 is 42.3 Å². The van der Waals surface area contributed by atoms with E-state index in [4.69, 9.17) is 15.0 Å². The molecule has 248 valence electrons. The van der Waals surface area contributed by atoms with Crippen LogP contribution >= 0.6 is 11.3 Å². The number of benzene rings is 8. The van der Waals surface area contributed by atoms with Crippen molar-refractivity contribution in [2.24, 2.45) is 0 Å². The van der Waals surface area contributed by atoms with Gasteiger partial charge in [-0.1, -0.05) is 158 Å². The Bertz CT molecular complexity index is 2930. The molecule has 2 heterocycles. The van der Waals surface area contributed by atoms with Gasteiger partial charge in [-0.25, -0.2) is 15.0 Å². The highest BCUT2D eigenvalue weighted by Crippen LogP contribution is 2.40. The summed E-state index contributed by atoms with van der Waals surface area (Å²) in [4.78, 5) is 15.5. The van der Waals surface area contributed by atoms with Gasteiger partial charge in [0.25, 0.3) is 0 Å². The van der Waals surface area contributed by atoms with E-state index in [1.165, 1.54) is 47.8 Å². The minimum Gasteiger partial charge on any atom is -0.208 e. The van der Waals surface area contributed by atoms with Crippen molar-refractivity contribution < 1.29 is 0 Å². The monoisotopic (exact) mass is 693 g/mol. The Morgan fingerprint density at radius 3 is 1.49 bits per heavy atom. The lowest BCUT2D eigenvalue weighted by atomic mass is 9.97. The third kappa shape index (κ3) is 5.85. The first-order valence-corrected chi connectivity index (χ1v) is 18.6. The van der Waals surface area contributed by atoms with Gasteiger partial charge in [0.2, 0.25) is 0 Å². The lowest BCUT2D eigenvalue weighted by Gasteiger charge is -2.11. The smallest absolute Gasteiger partial charge is 0.165 e. The predicted molar refractivity (Wildman–Crippen MR) is 223 cm³/mol. The Balaban J connectivity index is 1.08. The first-order valence-electron chi connectivity index (χ1n) is 17.8. The molecule has 0 radical (unpaired) electrons. The van der Waals surface area contributed by atoms with E-state index in [1.54, 1.807) is 11.3 Å². The third-order valence-corrected chi connectivity index (χ3v) is 11.2. The van der Waals surface area contributed by atoms with Crippen LogP contribution in [0, 0.1) is 0 Å². The molecular weight excluding hydrogens is 663 g/mol. The fourth-order valence-corrected chi connectivity index (χ4v) is 8.41. The standard InChI is InChI=1S/C49H31N3S/c1-3-11-32(12-4-1)34-21-23-35(24-22-34)37-25-26-39-31-41(28-27-38(39)29-37)48-50-47(40-16-9-15-36(30-40)33-13-5-2-6-14-33)51-49(52-48)44-19-10-18-43-42-17-7-8-20-45(42)53-46(43)44/h1-31H. The van der Waals surface area contributed by atoms with Crippen LogP contribution in [0.2, 0.25) is 0 Å². The van der Waals surface area contributed by atoms with Crippen molar-refractivity contribution in [1.29, 1.82) is 0 Å². The molecule has 0 fully saturated rings. The molecule has 0 spiro atoms. The quantitative estimate of drug-likeness (QED) is 0.174. The number of nitrogens with zero attached hydrogens (tertiary/aromatic N) is 3. The van der Waals surface area contributed by atoms with E-state index in [0.29, 0.717) is 17.5 Å². The van der Waals surface area contributed by atoms with E-state index in [2.05, 4.69) is 182 Å². The Morgan fingerprint density at radius 2 is 0.755 bits per heavy atom. The van der Waals surface area contributed by atoms with Crippen LogP contribution < -0.4 is 0 Å². The van der Waals surface area contributed by atoms with Crippen molar-refractivity contribution in [2.75, 3.05) is 0 Å². The Kier molecular flexibility index (Phi) is 7.67. The molecule has 0 saturated carbocycles. The molecule has 0 amide bonds. The molecule has 0 aliphatic carbocycles. The van der Waals surface area contributed by atoms with Crippen LogP contribution in [0.3, 0.4) is 0 Å². The second kappa shape index (κ2) is 13.1. The van der Waals surface area contributed by atoms with Crippen molar-refractivity contribution in [3.8, 4) is 67.5 Å². The number of hydrogen-bond acceptors (Lipinski definition) is 4. The van der Waals surface area contributed by atoms with E-state index < -0.39 is 0 Å². The molecule has 10 aromatic rings. The Morgan fingerprint density at radius 1 is 0.302 bits per heavy atom. The van der Waals surface area contributed by atoms with E-state index in [0.717, 1.165) is 33.2 Å². The molecule has 53 heavy (non-hydrogen) atoms. The van der Waals surface area contributed by atoms with Gasteiger partial charge in [0.15, 0.2) is 17.5 Å². The fraction of sp³-hybridized carbons (Fsp3) is 0. The number of fused-ring (bicyclic) bond motifs is 4. The Hall–Kier alpha value is -6.75. The number of rotatable bonds is 6. The van der Waals surface area contributed by atoms with Gasteiger partial charge in [-0.2, -0.15) is 0 Å². The summed E-state index contributed by atoms with van der Waals surface area (Å²) in [6, 6.07) is 66.4. The molecule has 10 rings (SSSR count). The van der Waals surface area contributed by atoms with Gasteiger partial charge in [0.1, 0.15) is 0 Å². The molecule has 2 aromatic heterocycles. The zero-order chi connectivity index (χ0) is 35.1. The minimum atomic E-state index is 0.648. The van der Waals surface area contributed by atoms with Crippen molar-refractivity contribution in [3.05, 3.63) is 188 Å². The minimum absolute atomic E-state index is 0.648. The summed E-state index contributed by atoms with van der Waals surface area (Å²) < 4.78 is 2.43. The normalized spacial score (nSPS) is 11.4. The van der Waals surface area contributed by atoms with Gasteiger partial charge in [0.05, 0.1) is 0 Å². The summed E-state index contributed by atoms with van der Waals surface area (Å²) in [5.41, 5.74) is 9.99. The molecule has 4 heteroatoms. The summed E-state index contributed by atoms with van der Waals surface area (Å²) in [5.74, 6) is 1.97. The zero-order valence-electron chi connectivity index (χ0n) is 28.6. The molecule has 0 bridgehead atoms. The average Bonchev–Trinajstić information content (AvgIpc) is 3.63. The topological polar surface area (TPSA) is 38.7 Å². The highest BCUT2D eigenvalue weighted by atomic mass is 32.1. The van der Waals surface area contributed by atoms with Gasteiger partial charge >= 0.3 is 0 Å². The first kappa shape index (κ1) is 31.0. The fourth-order valence-electron chi connectivity index (χ4n) is 7.20. The number of hydrogen-bond donors (Lipinski definition) is 0. The number of aromatic nitrogens is 3. The summed E-state index contributed by atoms with van der Waals surface area (Å²) in [6.07, 6.45) is 0. The Labute approximate surface area is 311 Å². The van der Waals surface area contributed by atoms with Gasteiger partial charge in [-0.05, 0) is 74.5 Å². The van der Waals surface area contributed by atoms with Crippen LogP contribution in [-0.2, 0) is 0 Å². The van der Waals surface area contributed by atoms with E-state index in [9.17, 15) is 0 Å². The molecule has 0 saturated heterocycles. The summed E-state index contributed by atoms with van der Waals surface area (Å²) in [5, 5.41) is 4.76. The van der Waals surface area contributed by atoms with E-state index in [1.807, 2.05) is 6.07 Å². The van der Waals surface area contributed by atoms with Gasteiger partial charge in [0, 0.05) is 36.9 Å². The van der Waals surface area contributed by atoms with Crippen LogP contribution in [0.4, 0.5) is 0 Å². The van der Waals surface area contributed by atoms with Crippen LogP contribution in [-0.4, -0.2) is 15.0 Å². The van der Waals surface area contributed by atoms with Crippen molar-refractivity contribution in [1.82, 2.24) is 15.0 Å². The second-order valence-electron chi connectivity index (χ2n) is 13.3. The lowest BCUT2D eigenvalue weighted by molar-refractivity contribution is 1.08. The van der Waals surface area contributed by atoms with Gasteiger partial charge in [-0.15, -0.1) is 11.3 Å². The molecule has 0 unspecified atom stereocenters. The van der Waals surface area contributed by atoms with Crippen LogP contribution in [0.1, 0.15) is 0 Å². The maximum atomic E-state index is 5.19. The average molecular weight is 694 g/mol. The summed E-state index contributed by atoms with van der Waals surface area (Å²) in [6.45, 7) is 0. The molecule has 8 aromatic carbocycles. The van der Waals surface area contributed by atoms with Crippen LogP contribution in [0.5, 0.6) is 0 Å². The molecule has 0 N–H and O–H groups in total. The largest absolute Gasteiger partial charge is 0.208 e. The summed E-state index contributed by atoms with van der Waals surface area (Å²) in [7, 11) is 0. The molecule has 0 aliphatic rings. The van der Waals surface area contributed by atoms with E-state index in [-0.39, 0.29) is 0 Å². The van der Waals surface area contributed by atoms with E-state index >= 15 is 0 Å². The third-order valence-electron chi connectivity index (χ3n) is 9.93. The number of thiophene rings is 1. The van der Waals surface area contributed by atoms with Crippen molar-refractivity contribution in [3.63, 3.8) is 0 Å².